The normalized spacial score (nSPS) is 19.4. The van der Waals surface area contributed by atoms with Crippen LogP contribution in [0.25, 0.3) is 11.1 Å². The third-order valence-corrected chi connectivity index (χ3v) is 6.54. The number of thiophene rings is 1. The summed E-state index contributed by atoms with van der Waals surface area (Å²) in [6.07, 6.45) is 3.54. The number of guanidine groups is 1. The smallest absolute Gasteiger partial charge is 0.239 e. The summed E-state index contributed by atoms with van der Waals surface area (Å²) in [5.41, 5.74) is 9.71. The summed E-state index contributed by atoms with van der Waals surface area (Å²) in [5.74, 6) is 6.80. The number of fused-ring (bicyclic) bond motifs is 1. The maximum Gasteiger partial charge on any atom is 0.239 e. The van der Waals surface area contributed by atoms with Crippen LogP contribution in [0.1, 0.15) is 34.9 Å². The third kappa shape index (κ3) is 3.47. The Morgan fingerprint density at radius 3 is 2.84 bits per heavy atom. The number of ether oxygens (including phenoxy) is 2. The summed E-state index contributed by atoms with van der Waals surface area (Å²) in [4.78, 5) is 24.6. The van der Waals surface area contributed by atoms with E-state index in [1.807, 2.05) is 35.7 Å². The molecule has 1 amide bonds. The average Bonchev–Trinajstić information content (AvgIpc) is 3.47. The van der Waals surface area contributed by atoms with Crippen LogP contribution < -0.4 is 15.2 Å². The van der Waals surface area contributed by atoms with Crippen LogP contribution in [0.15, 0.2) is 53.1 Å². The largest absolute Gasteiger partial charge is 0.454 e. The second-order valence-electron chi connectivity index (χ2n) is 7.49. The number of likely N-dealkylation sites (N-methyl/N-ethyl adjacent to an activating group) is 1. The molecule has 1 unspecified atom stereocenters. The number of hydrogen-bond donors (Lipinski definition) is 1. The maximum absolute atomic E-state index is 13.3. The molecule has 2 atom stereocenters. The Labute approximate surface area is 189 Å². The molecule has 0 radical (unpaired) electrons. The Kier molecular flexibility index (Phi) is 5.04. The fraction of sp³-hybridized carbons (Fsp3) is 0.208. The number of nitrogens with two attached hydrogens (primary N) is 1. The standard InChI is InChI=1S/C24H20N4O3S/c1-3-4-14-7-16(11-26-10-14)17-9-20(32-12-17)22-21(23(29)28(2)24(25)27-22)15-5-6-18-19(8-15)31-13-30-18/h5-12,21-22H,13H2,1-2H3,(H2,25,27)/t21?,22-/m1/s1. The monoisotopic (exact) mass is 444 g/mol. The number of rotatable bonds is 3. The van der Waals surface area contributed by atoms with Crippen LogP contribution in [0.5, 0.6) is 11.5 Å². The van der Waals surface area contributed by atoms with Crippen molar-refractivity contribution < 1.29 is 14.3 Å². The fourth-order valence-corrected chi connectivity index (χ4v) is 4.88. The molecule has 0 spiro atoms. The zero-order chi connectivity index (χ0) is 22.2. The number of hydrogen-bond acceptors (Lipinski definition) is 7. The molecule has 0 aliphatic carbocycles. The van der Waals surface area contributed by atoms with E-state index in [9.17, 15) is 4.79 Å². The first-order chi connectivity index (χ1) is 15.5. The van der Waals surface area contributed by atoms with Crippen molar-refractivity contribution in [2.45, 2.75) is 18.9 Å². The Hall–Kier alpha value is -3.83. The molecule has 4 heterocycles. The molecule has 2 N–H and O–H groups in total. The van der Waals surface area contributed by atoms with E-state index in [0.717, 1.165) is 27.1 Å². The van der Waals surface area contributed by atoms with Gasteiger partial charge in [-0.05, 0) is 47.7 Å². The summed E-state index contributed by atoms with van der Waals surface area (Å²) in [7, 11) is 1.64. The molecule has 32 heavy (non-hydrogen) atoms. The first-order valence-corrected chi connectivity index (χ1v) is 10.9. The third-order valence-electron chi connectivity index (χ3n) is 5.54. The molecule has 0 saturated carbocycles. The van der Waals surface area contributed by atoms with Crippen LogP contribution in [0.4, 0.5) is 0 Å². The lowest BCUT2D eigenvalue weighted by molar-refractivity contribution is -0.129. The van der Waals surface area contributed by atoms with Crippen LogP contribution >= 0.6 is 11.3 Å². The zero-order valence-electron chi connectivity index (χ0n) is 17.5. The molecule has 8 heteroatoms. The van der Waals surface area contributed by atoms with Crippen molar-refractivity contribution in [3.05, 3.63) is 64.1 Å². The van der Waals surface area contributed by atoms with Crippen molar-refractivity contribution in [2.75, 3.05) is 13.8 Å². The quantitative estimate of drug-likeness (QED) is 0.625. The Morgan fingerprint density at radius 2 is 2.00 bits per heavy atom. The van der Waals surface area contributed by atoms with E-state index in [2.05, 4.69) is 21.8 Å². The van der Waals surface area contributed by atoms with Gasteiger partial charge in [0.2, 0.25) is 12.7 Å². The van der Waals surface area contributed by atoms with Crippen LogP contribution in [-0.4, -0.2) is 35.6 Å². The number of aromatic nitrogens is 1. The number of amides is 1. The molecule has 1 aromatic carbocycles. The molecule has 2 aliphatic heterocycles. The number of pyridine rings is 1. The lowest BCUT2D eigenvalue weighted by Gasteiger charge is -2.32. The molecule has 7 nitrogen and oxygen atoms in total. The predicted octanol–water partition coefficient (Wildman–Crippen LogP) is 3.52. The molecule has 5 rings (SSSR count). The van der Waals surface area contributed by atoms with Gasteiger partial charge in [-0.1, -0.05) is 12.0 Å². The molecule has 160 valence electrons. The molecule has 2 aromatic heterocycles. The van der Waals surface area contributed by atoms with Crippen LogP contribution in [0, 0.1) is 11.8 Å². The van der Waals surface area contributed by atoms with E-state index >= 15 is 0 Å². The summed E-state index contributed by atoms with van der Waals surface area (Å²) >= 11 is 1.55. The Bertz CT molecular complexity index is 1300. The number of aliphatic imine (C=N–C) groups is 1. The van der Waals surface area contributed by atoms with E-state index in [0.29, 0.717) is 11.5 Å². The van der Waals surface area contributed by atoms with E-state index < -0.39 is 12.0 Å². The maximum atomic E-state index is 13.3. The average molecular weight is 445 g/mol. The van der Waals surface area contributed by atoms with Gasteiger partial charge in [-0.15, -0.1) is 17.3 Å². The van der Waals surface area contributed by atoms with Gasteiger partial charge in [0.25, 0.3) is 0 Å². The Balaban J connectivity index is 1.55. The SMILES string of the molecule is CC#Cc1cncc(-c2csc([C@H]3N=C(N)N(C)C(=O)C3c3ccc4c(c3)OCO4)c2)c1. The number of carbonyl (C=O) groups excluding carboxylic acids is 1. The Morgan fingerprint density at radius 1 is 1.16 bits per heavy atom. The highest BCUT2D eigenvalue weighted by Crippen LogP contribution is 2.44. The van der Waals surface area contributed by atoms with E-state index in [1.54, 1.807) is 37.7 Å². The van der Waals surface area contributed by atoms with Gasteiger partial charge in [0.15, 0.2) is 17.5 Å². The van der Waals surface area contributed by atoms with Gasteiger partial charge < -0.3 is 15.2 Å². The summed E-state index contributed by atoms with van der Waals surface area (Å²) < 4.78 is 10.9. The first-order valence-electron chi connectivity index (χ1n) is 10.0. The molecule has 2 aliphatic rings. The van der Waals surface area contributed by atoms with E-state index in [-0.39, 0.29) is 18.7 Å². The molecule has 3 aromatic rings. The van der Waals surface area contributed by atoms with Crippen LogP contribution in [0.3, 0.4) is 0 Å². The second kappa shape index (κ2) is 8.02. The van der Waals surface area contributed by atoms with Crippen molar-refractivity contribution in [3.63, 3.8) is 0 Å². The summed E-state index contributed by atoms with van der Waals surface area (Å²) in [6, 6.07) is 9.18. The van der Waals surface area contributed by atoms with Crippen molar-refractivity contribution in [1.82, 2.24) is 9.88 Å². The van der Waals surface area contributed by atoms with Gasteiger partial charge >= 0.3 is 0 Å². The van der Waals surface area contributed by atoms with Gasteiger partial charge in [-0.2, -0.15) is 0 Å². The molecular weight excluding hydrogens is 424 g/mol. The van der Waals surface area contributed by atoms with Gasteiger partial charge in [-0.3, -0.25) is 14.7 Å². The molecule has 0 bridgehead atoms. The predicted molar refractivity (Wildman–Crippen MR) is 123 cm³/mol. The minimum absolute atomic E-state index is 0.113. The highest BCUT2D eigenvalue weighted by Gasteiger charge is 2.39. The topological polar surface area (TPSA) is 90.0 Å². The number of nitrogens with zero attached hydrogens (tertiary/aromatic N) is 3. The zero-order valence-corrected chi connectivity index (χ0v) is 18.3. The number of carbonyl (C=O) groups is 1. The minimum atomic E-state index is -0.524. The van der Waals surface area contributed by atoms with Gasteiger partial charge in [0, 0.05) is 35.4 Å². The molecular formula is C24H20N4O3S. The molecule has 0 saturated heterocycles. The number of benzene rings is 1. The van der Waals surface area contributed by atoms with Crippen molar-refractivity contribution in [3.8, 4) is 34.5 Å². The van der Waals surface area contributed by atoms with Gasteiger partial charge in [-0.25, -0.2) is 4.99 Å². The highest BCUT2D eigenvalue weighted by atomic mass is 32.1. The fourth-order valence-electron chi connectivity index (χ4n) is 3.89. The second-order valence-corrected chi connectivity index (χ2v) is 8.44. The van der Waals surface area contributed by atoms with Crippen LogP contribution in [-0.2, 0) is 4.79 Å². The van der Waals surface area contributed by atoms with Crippen molar-refractivity contribution >= 4 is 23.2 Å². The molecule has 0 fully saturated rings. The summed E-state index contributed by atoms with van der Waals surface area (Å²) in [5, 5.41) is 2.04. The van der Waals surface area contributed by atoms with Gasteiger partial charge in [0.1, 0.15) is 6.04 Å². The first kappa shape index (κ1) is 20.1. The van der Waals surface area contributed by atoms with Crippen molar-refractivity contribution in [2.24, 2.45) is 10.7 Å². The lowest BCUT2D eigenvalue weighted by atomic mass is 9.87. The van der Waals surface area contributed by atoms with Gasteiger partial charge in [0.05, 0.1) is 5.92 Å². The minimum Gasteiger partial charge on any atom is -0.454 e. The highest BCUT2D eigenvalue weighted by molar-refractivity contribution is 7.10. The van der Waals surface area contributed by atoms with Crippen LogP contribution in [0.2, 0.25) is 0 Å². The lowest BCUT2D eigenvalue weighted by Crippen LogP contribution is -2.46. The van der Waals surface area contributed by atoms with E-state index in [1.165, 1.54) is 4.90 Å². The van der Waals surface area contributed by atoms with Crippen molar-refractivity contribution in [1.29, 1.82) is 0 Å². The summed E-state index contributed by atoms with van der Waals surface area (Å²) in [6.45, 7) is 1.97. The van der Waals surface area contributed by atoms with E-state index in [4.69, 9.17) is 15.2 Å².